The highest BCUT2D eigenvalue weighted by atomic mass is 16.2. The lowest BCUT2D eigenvalue weighted by molar-refractivity contribution is -0.144. The van der Waals surface area contributed by atoms with E-state index >= 15 is 0 Å². The summed E-state index contributed by atoms with van der Waals surface area (Å²) in [5.74, 6) is 0.460. The highest BCUT2D eigenvalue weighted by Crippen LogP contribution is 2.30. The van der Waals surface area contributed by atoms with Gasteiger partial charge < -0.3 is 0 Å². The minimum atomic E-state index is -0.167. The molecule has 1 heterocycles. The molecule has 6 nitrogen and oxygen atoms in total. The van der Waals surface area contributed by atoms with Gasteiger partial charge in [-0.2, -0.15) is 0 Å². The van der Waals surface area contributed by atoms with Crippen LogP contribution in [0.2, 0.25) is 0 Å². The Labute approximate surface area is 158 Å². The molecule has 0 N–H and O–H groups in total. The second kappa shape index (κ2) is 10.4. The maximum Gasteiger partial charge on any atom is 0.232 e. The Bertz CT molecular complexity index is 560. The third-order valence-electron chi connectivity index (χ3n) is 4.78. The smallest absolute Gasteiger partial charge is 0.232 e. The summed E-state index contributed by atoms with van der Waals surface area (Å²) in [6, 6.07) is 0. The van der Waals surface area contributed by atoms with Crippen molar-refractivity contribution in [2.45, 2.75) is 80.2 Å². The van der Waals surface area contributed by atoms with E-state index in [0.717, 1.165) is 30.9 Å². The summed E-state index contributed by atoms with van der Waals surface area (Å²) in [6.07, 6.45) is 7.74. The van der Waals surface area contributed by atoms with E-state index in [4.69, 9.17) is 0 Å². The van der Waals surface area contributed by atoms with Crippen LogP contribution in [-0.2, 0) is 22.6 Å². The van der Waals surface area contributed by atoms with Crippen LogP contribution in [0, 0.1) is 17.3 Å². The summed E-state index contributed by atoms with van der Waals surface area (Å²) >= 11 is 0. The van der Waals surface area contributed by atoms with Crippen molar-refractivity contribution in [3.8, 4) is 0 Å². The van der Waals surface area contributed by atoms with Crippen LogP contribution in [0.15, 0.2) is 6.20 Å². The van der Waals surface area contributed by atoms with Crippen LogP contribution < -0.4 is 0 Å². The lowest BCUT2D eigenvalue weighted by Gasteiger charge is -2.31. The van der Waals surface area contributed by atoms with Crippen LogP contribution in [0.25, 0.3) is 0 Å². The summed E-state index contributed by atoms with van der Waals surface area (Å²) in [5.41, 5.74) is 0.808. The van der Waals surface area contributed by atoms with Crippen molar-refractivity contribution in [3.05, 3.63) is 11.9 Å². The Morgan fingerprint density at radius 3 is 2.54 bits per heavy atom. The van der Waals surface area contributed by atoms with Gasteiger partial charge in [0, 0.05) is 18.7 Å². The average molecular weight is 365 g/mol. The number of nitrogens with zero attached hydrogens (tertiary/aromatic N) is 4. The van der Waals surface area contributed by atoms with Gasteiger partial charge >= 0.3 is 0 Å². The molecule has 1 unspecified atom stereocenters. The van der Waals surface area contributed by atoms with E-state index in [9.17, 15) is 9.59 Å². The second-order valence-corrected chi connectivity index (χ2v) is 8.58. The van der Waals surface area contributed by atoms with E-state index < -0.39 is 0 Å². The summed E-state index contributed by atoms with van der Waals surface area (Å²) in [6.45, 7) is 13.4. The van der Waals surface area contributed by atoms with E-state index in [1.54, 1.807) is 4.68 Å². The molecule has 148 valence electrons. The van der Waals surface area contributed by atoms with Crippen LogP contribution >= 0.6 is 0 Å². The van der Waals surface area contributed by atoms with Gasteiger partial charge in [-0.15, -0.1) is 5.10 Å². The van der Waals surface area contributed by atoms with Crippen molar-refractivity contribution in [2.24, 2.45) is 17.3 Å². The van der Waals surface area contributed by atoms with Crippen LogP contribution in [0.3, 0.4) is 0 Å². The van der Waals surface area contributed by atoms with Gasteiger partial charge in [-0.1, -0.05) is 59.6 Å². The molecule has 0 bridgehead atoms. The normalized spacial score (nSPS) is 13.0. The van der Waals surface area contributed by atoms with Crippen LogP contribution in [0.1, 0.15) is 72.9 Å². The minimum Gasteiger partial charge on any atom is -0.283 e. The van der Waals surface area contributed by atoms with E-state index in [1.165, 1.54) is 17.7 Å². The van der Waals surface area contributed by atoms with Gasteiger partial charge in [-0.3, -0.25) is 19.2 Å². The first-order chi connectivity index (χ1) is 12.2. The number of hydrogen-bond donors (Lipinski definition) is 0. The largest absolute Gasteiger partial charge is 0.283 e. The summed E-state index contributed by atoms with van der Waals surface area (Å²) < 4.78 is 1.72. The Balaban J connectivity index is 2.53. The van der Waals surface area contributed by atoms with Gasteiger partial charge in [0.2, 0.25) is 12.3 Å². The van der Waals surface area contributed by atoms with Gasteiger partial charge in [-0.25, -0.2) is 0 Å². The Morgan fingerprint density at radius 1 is 1.31 bits per heavy atom. The molecule has 0 fully saturated rings. The summed E-state index contributed by atoms with van der Waals surface area (Å²) in [7, 11) is 0. The predicted octanol–water partition coefficient (Wildman–Crippen LogP) is 3.70. The van der Waals surface area contributed by atoms with Crippen molar-refractivity contribution < 1.29 is 9.59 Å². The highest BCUT2D eigenvalue weighted by Gasteiger charge is 2.32. The highest BCUT2D eigenvalue weighted by molar-refractivity contribution is 5.88. The zero-order valence-corrected chi connectivity index (χ0v) is 17.4. The fourth-order valence-corrected chi connectivity index (χ4v) is 3.20. The third-order valence-corrected chi connectivity index (χ3v) is 4.78. The monoisotopic (exact) mass is 364 g/mol. The number of aryl methyl sites for hydroxylation is 1. The molecular weight excluding hydrogens is 328 g/mol. The Hall–Kier alpha value is -1.72. The molecule has 0 radical (unpaired) electrons. The first-order valence-corrected chi connectivity index (χ1v) is 9.83. The Morgan fingerprint density at radius 2 is 2.00 bits per heavy atom. The van der Waals surface area contributed by atoms with Crippen molar-refractivity contribution in [1.82, 2.24) is 19.9 Å². The number of imide groups is 1. The number of unbranched alkanes of at least 4 members (excludes halogenated alkanes) is 1. The predicted molar refractivity (Wildman–Crippen MR) is 103 cm³/mol. The van der Waals surface area contributed by atoms with Gasteiger partial charge in [0.1, 0.15) is 0 Å². The molecule has 0 aromatic carbocycles. The number of aromatic nitrogens is 3. The zero-order valence-electron chi connectivity index (χ0n) is 17.4. The maximum atomic E-state index is 12.7. The van der Waals surface area contributed by atoms with Crippen molar-refractivity contribution in [3.63, 3.8) is 0 Å². The second-order valence-electron chi connectivity index (χ2n) is 8.58. The van der Waals surface area contributed by atoms with E-state index in [0.29, 0.717) is 19.5 Å². The molecule has 1 aromatic heterocycles. The molecule has 1 aromatic rings. The molecule has 26 heavy (non-hydrogen) atoms. The Kier molecular flexibility index (Phi) is 8.96. The van der Waals surface area contributed by atoms with Crippen molar-refractivity contribution >= 4 is 12.3 Å². The van der Waals surface area contributed by atoms with Gasteiger partial charge in [0.25, 0.3) is 0 Å². The molecule has 0 aliphatic rings. The van der Waals surface area contributed by atoms with Crippen LogP contribution in [0.5, 0.6) is 0 Å². The zero-order chi connectivity index (χ0) is 19.7. The fourth-order valence-electron chi connectivity index (χ4n) is 3.20. The molecule has 2 amide bonds. The topological polar surface area (TPSA) is 68.1 Å². The molecule has 0 spiro atoms. The van der Waals surface area contributed by atoms with Gasteiger partial charge in [0.15, 0.2) is 0 Å². The molecular formula is C20H36N4O2. The molecule has 0 saturated carbocycles. The SMILES string of the molecule is CCC(C(=O)N(C=O)CCn1cc(CCCCC(C)C)nn1)C(C)(C)C. The molecule has 0 saturated heterocycles. The van der Waals surface area contributed by atoms with E-state index in [1.807, 2.05) is 33.9 Å². The third kappa shape index (κ3) is 7.26. The molecule has 6 heteroatoms. The molecule has 0 aliphatic carbocycles. The number of amides is 2. The first-order valence-electron chi connectivity index (χ1n) is 9.83. The van der Waals surface area contributed by atoms with E-state index in [2.05, 4.69) is 24.2 Å². The molecule has 0 aliphatic heterocycles. The fraction of sp³-hybridized carbons (Fsp3) is 0.800. The standard InChI is InChI=1S/C20H36N4O2/c1-7-18(20(4,5)6)19(26)23(15-25)12-13-24-14-17(21-22-24)11-9-8-10-16(2)3/h14-16,18H,7-13H2,1-6H3. The number of carbonyl (C=O) groups is 2. The molecule has 1 rings (SSSR count). The first kappa shape index (κ1) is 22.3. The maximum absolute atomic E-state index is 12.7. The van der Waals surface area contributed by atoms with Gasteiger partial charge in [0.05, 0.1) is 12.2 Å². The minimum absolute atomic E-state index is 0.107. The summed E-state index contributed by atoms with van der Waals surface area (Å²) in [4.78, 5) is 25.3. The number of carbonyl (C=O) groups excluding carboxylic acids is 2. The van der Waals surface area contributed by atoms with E-state index in [-0.39, 0.29) is 17.2 Å². The van der Waals surface area contributed by atoms with Crippen molar-refractivity contribution in [1.29, 1.82) is 0 Å². The summed E-state index contributed by atoms with van der Waals surface area (Å²) in [5, 5.41) is 8.32. The molecule has 1 atom stereocenters. The lowest BCUT2D eigenvalue weighted by Crippen LogP contribution is -2.41. The van der Waals surface area contributed by atoms with Crippen LogP contribution in [0.4, 0.5) is 0 Å². The van der Waals surface area contributed by atoms with Gasteiger partial charge in [-0.05, 0) is 30.6 Å². The number of rotatable bonds is 11. The van der Waals surface area contributed by atoms with Crippen molar-refractivity contribution in [2.75, 3.05) is 6.54 Å². The number of hydrogen-bond acceptors (Lipinski definition) is 4. The average Bonchev–Trinajstić information content (AvgIpc) is 2.99. The lowest BCUT2D eigenvalue weighted by atomic mass is 9.78. The quantitative estimate of drug-likeness (QED) is 0.443. The van der Waals surface area contributed by atoms with Crippen LogP contribution in [-0.4, -0.2) is 38.8 Å².